The van der Waals surface area contributed by atoms with Crippen LogP contribution in [-0.4, -0.2) is 11.7 Å². The minimum absolute atomic E-state index is 0.118. The summed E-state index contributed by atoms with van der Waals surface area (Å²) >= 11 is 0. The standard InChI is InChI=1S/C16H18FNO2/c1-11(18)15-10-13(17)4-7-16(15)20-14-5-2-12(3-6-14)8-9-19/h2-7,10-11,19H,8-9,18H2,1H3. The van der Waals surface area contributed by atoms with Crippen molar-refractivity contribution < 1.29 is 14.2 Å². The van der Waals surface area contributed by atoms with Crippen molar-refractivity contribution >= 4 is 0 Å². The first-order valence-electron chi connectivity index (χ1n) is 6.53. The molecule has 0 saturated carbocycles. The zero-order valence-electron chi connectivity index (χ0n) is 11.3. The van der Waals surface area contributed by atoms with Gasteiger partial charge in [0.2, 0.25) is 0 Å². The van der Waals surface area contributed by atoms with E-state index >= 15 is 0 Å². The second-order valence-corrected chi connectivity index (χ2v) is 4.69. The van der Waals surface area contributed by atoms with Gasteiger partial charge in [-0.15, -0.1) is 0 Å². The average Bonchev–Trinajstić information content (AvgIpc) is 2.43. The van der Waals surface area contributed by atoms with Gasteiger partial charge in [-0.2, -0.15) is 0 Å². The molecule has 0 bridgehead atoms. The fourth-order valence-corrected chi connectivity index (χ4v) is 1.95. The summed E-state index contributed by atoms with van der Waals surface area (Å²) in [5.41, 5.74) is 7.49. The van der Waals surface area contributed by atoms with E-state index in [1.807, 2.05) is 24.3 Å². The Hall–Kier alpha value is -1.91. The number of halogens is 1. The highest BCUT2D eigenvalue weighted by Crippen LogP contribution is 2.29. The summed E-state index contributed by atoms with van der Waals surface area (Å²) in [7, 11) is 0. The Labute approximate surface area is 117 Å². The van der Waals surface area contributed by atoms with E-state index in [4.69, 9.17) is 15.6 Å². The molecule has 3 N–H and O–H groups in total. The summed E-state index contributed by atoms with van der Waals surface area (Å²) in [5.74, 6) is 0.874. The molecule has 0 aliphatic carbocycles. The Morgan fingerprint density at radius 3 is 2.50 bits per heavy atom. The summed E-state index contributed by atoms with van der Waals surface area (Å²) in [5, 5.41) is 8.87. The molecule has 0 amide bonds. The van der Waals surface area contributed by atoms with Crippen LogP contribution in [0.4, 0.5) is 4.39 Å². The smallest absolute Gasteiger partial charge is 0.132 e. The van der Waals surface area contributed by atoms with Gasteiger partial charge in [-0.1, -0.05) is 12.1 Å². The largest absolute Gasteiger partial charge is 0.457 e. The fourth-order valence-electron chi connectivity index (χ4n) is 1.95. The van der Waals surface area contributed by atoms with Gasteiger partial charge in [-0.05, 0) is 49.2 Å². The number of hydrogen-bond acceptors (Lipinski definition) is 3. The Bertz CT molecular complexity index is 567. The highest BCUT2D eigenvalue weighted by atomic mass is 19.1. The van der Waals surface area contributed by atoms with Gasteiger partial charge < -0.3 is 15.6 Å². The zero-order valence-corrected chi connectivity index (χ0v) is 11.3. The number of benzene rings is 2. The van der Waals surface area contributed by atoms with Crippen LogP contribution in [0.5, 0.6) is 11.5 Å². The van der Waals surface area contributed by atoms with E-state index in [0.717, 1.165) is 5.56 Å². The Kier molecular flexibility index (Phi) is 4.71. The molecule has 2 aromatic rings. The topological polar surface area (TPSA) is 55.5 Å². The number of hydrogen-bond donors (Lipinski definition) is 2. The Balaban J connectivity index is 2.21. The molecule has 0 aromatic heterocycles. The van der Waals surface area contributed by atoms with Crippen molar-refractivity contribution in [2.24, 2.45) is 5.73 Å². The van der Waals surface area contributed by atoms with E-state index in [1.54, 1.807) is 13.0 Å². The highest BCUT2D eigenvalue weighted by molar-refractivity contribution is 5.40. The third-order valence-corrected chi connectivity index (χ3v) is 3.01. The lowest BCUT2D eigenvalue weighted by Crippen LogP contribution is -2.07. The van der Waals surface area contributed by atoms with E-state index in [1.165, 1.54) is 12.1 Å². The molecule has 3 nitrogen and oxygen atoms in total. The second kappa shape index (κ2) is 6.50. The average molecular weight is 275 g/mol. The van der Waals surface area contributed by atoms with Crippen molar-refractivity contribution in [2.75, 3.05) is 6.61 Å². The lowest BCUT2D eigenvalue weighted by molar-refractivity contribution is 0.299. The molecule has 106 valence electrons. The summed E-state index contributed by atoms with van der Waals surface area (Å²) < 4.78 is 19.0. The predicted molar refractivity (Wildman–Crippen MR) is 76.3 cm³/mol. The first-order chi connectivity index (χ1) is 9.60. The van der Waals surface area contributed by atoms with Crippen LogP contribution in [-0.2, 0) is 6.42 Å². The van der Waals surface area contributed by atoms with Crippen LogP contribution in [0, 0.1) is 5.82 Å². The van der Waals surface area contributed by atoms with Crippen LogP contribution in [0.3, 0.4) is 0 Å². The normalized spacial score (nSPS) is 12.2. The van der Waals surface area contributed by atoms with Crippen molar-refractivity contribution in [1.82, 2.24) is 0 Å². The van der Waals surface area contributed by atoms with Crippen LogP contribution in [0.15, 0.2) is 42.5 Å². The maximum atomic E-state index is 13.2. The van der Waals surface area contributed by atoms with Gasteiger partial charge in [0.25, 0.3) is 0 Å². The van der Waals surface area contributed by atoms with E-state index in [0.29, 0.717) is 23.5 Å². The van der Waals surface area contributed by atoms with Crippen LogP contribution in [0.2, 0.25) is 0 Å². The molecule has 0 aliphatic heterocycles. The van der Waals surface area contributed by atoms with E-state index in [-0.39, 0.29) is 18.5 Å². The van der Waals surface area contributed by atoms with E-state index in [2.05, 4.69) is 0 Å². The van der Waals surface area contributed by atoms with E-state index < -0.39 is 0 Å². The molecule has 0 aliphatic rings. The van der Waals surface area contributed by atoms with Crippen molar-refractivity contribution in [3.05, 3.63) is 59.4 Å². The van der Waals surface area contributed by atoms with Crippen molar-refractivity contribution in [3.8, 4) is 11.5 Å². The van der Waals surface area contributed by atoms with Crippen molar-refractivity contribution in [1.29, 1.82) is 0 Å². The van der Waals surface area contributed by atoms with Gasteiger partial charge in [0, 0.05) is 18.2 Å². The summed E-state index contributed by atoms with van der Waals surface area (Å²) in [6.45, 7) is 1.90. The fraction of sp³-hybridized carbons (Fsp3) is 0.250. The number of aliphatic hydroxyl groups excluding tert-OH is 1. The molecule has 0 saturated heterocycles. The molecular weight excluding hydrogens is 257 g/mol. The Morgan fingerprint density at radius 2 is 1.90 bits per heavy atom. The maximum absolute atomic E-state index is 13.2. The van der Waals surface area contributed by atoms with Crippen molar-refractivity contribution in [3.63, 3.8) is 0 Å². The first-order valence-corrected chi connectivity index (χ1v) is 6.53. The van der Waals surface area contributed by atoms with Gasteiger partial charge in [-0.3, -0.25) is 0 Å². The third-order valence-electron chi connectivity index (χ3n) is 3.01. The molecule has 0 heterocycles. The monoisotopic (exact) mass is 275 g/mol. The lowest BCUT2D eigenvalue weighted by Gasteiger charge is -2.14. The molecule has 1 unspecified atom stereocenters. The SMILES string of the molecule is CC(N)c1cc(F)ccc1Oc1ccc(CCO)cc1. The quantitative estimate of drug-likeness (QED) is 0.881. The van der Waals surface area contributed by atoms with E-state index in [9.17, 15) is 4.39 Å². The summed E-state index contributed by atoms with van der Waals surface area (Å²) in [4.78, 5) is 0. The number of ether oxygens (including phenoxy) is 1. The molecule has 0 spiro atoms. The predicted octanol–water partition coefficient (Wildman–Crippen LogP) is 3.17. The lowest BCUT2D eigenvalue weighted by atomic mass is 10.1. The maximum Gasteiger partial charge on any atom is 0.132 e. The molecule has 2 rings (SSSR count). The van der Waals surface area contributed by atoms with Gasteiger partial charge in [-0.25, -0.2) is 4.39 Å². The third kappa shape index (κ3) is 3.56. The minimum atomic E-state index is -0.331. The Morgan fingerprint density at radius 1 is 1.20 bits per heavy atom. The molecule has 1 atom stereocenters. The van der Waals surface area contributed by atoms with Crippen molar-refractivity contribution in [2.45, 2.75) is 19.4 Å². The summed E-state index contributed by atoms with van der Waals surface area (Å²) in [6.07, 6.45) is 0.613. The first kappa shape index (κ1) is 14.5. The van der Waals surface area contributed by atoms with Crippen LogP contribution in [0.1, 0.15) is 24.1 Å². The number of aliphatic hydroxyl groups is 1. The zero-order chi connectivity index (χ0) is 14.5. The number of rotatable bonds is 5. The number of nitrogens with two attached hydrogens (primary N) is 1. The minimum Gasteiger partial charge on any atom is -0.457 e. The molecule has 4 heteroatoms. The van der Waals surface area contributed by atoms with Crippen LogP contribution >= 0.6 is 0 Å². The van der Waals surface area contributed by atoms with Gasteiger partial charge >= 0.3 is 0 Å². The van der Waals surface area contributed by atoms with Crippen LogP contribution < -0.4 is 10.5 Å². The van der Waals surface area contributed by atoms with Gasteiger partial charge in [0.15, 0.2) is 0 Å². The van der Waals surface area contributed by atoms with Crippen LogP contribution in [0.25, 0.3) is 0 Å². The van der Waals surface area contributed by atoms with Gasteiger partial charge in [0.1, 0.15) is 17.3 Å². The molecule has 2 aromatic carbocycles. The highest BCUT2D eigenvalue weighted by Gasteiger charge is 2.10. The molecular formula is C16H18FNO2. The summed E-state index contributed by atoms with van der Waals surface area (Å²) in [6, 6.07) is 11.4. The van der Waals surface area contributed by atoms with Gasteiger partial charge in [0.05, 0.1) is 0 Å². The molecule has 20 heavy (non-hydrogen) atoms. The molecule has 0 fully saturated rings. The molecule has 0 radical (unpaired) electrons. The second-order valence-electron chi connectivity index (χ2n) is 4.69.